The Balaban J connectivity index is 1.81. The van der Waals surface area contributed by atoms with Gasteiger partial charge in [0.25, 0.3) is 0 Å². The fourth-order valence-corrected chi connectivity index (χ4v) is 2.08. The van der Waals surface area contributed by atoms with Gasteiger partial charge in [-0.3, -0.25) is 0 Å². The summed E-state index contributed by atoms with van der Waals surface area (Å²) in [6, 6.07) is 17.8. The topological polar surface area (TPSA) is 96.2 Å². The Morgan fingerprint density at radius 3 is 2.44 bits per heavy atom. The zero-order chi connectivity index (χ0) is 17.6. The molecule has 0 aliphatic carbocycles. The van der Waals surface area contributed by atoms with Crippen LogP contribution in [0.5, 0.6) is 5.75 Å². The minimum absolute atomic E-state index is 0.0990. The van der Waals surface area contributed by atoms with Crippen molar-refractivity contribution in [1.82, 2.24) is 4.98 Å². The average Bonchev–Trinajstić information content (AvgIpc) is 2.61. The Kier molecular flexibility index (Phi) is 4.80. The van der Waals surface area contributed by atoms with Crippen molar-refractivity contribution in [1.29, 1.82) is 0 Å². The Bertz CT molecular complexity index is 933. The number of pyridine rings is 1. The molecule has 6 nitrogen and oxygen atoms in total. The summed E-state index contributed by atoms with van der Waals surface area (Å²) in [7, 11) is 0. The predicted molar refractivity (Wildman–Crippen MR) is 99.4 cm³/mol. The van der Waals surface area contributed by atoms with Gasteiger partial charge in [-0.25, -0.2) is 9.98 Å². The van der Waals surface area contributed by atoms with E-state index in [9.17, 15) is 5.11 Å². The molecule has 0 saturated heterocycles. The number of phenolic OH excluding ortho intramolecular Hbond substituents is 1. The van der Waals surface area contributed by atoms with E-state index in [1.165, 1.54) is 6.21 Å². The van der Waals surface area contributed by atoms with Crippen LogP contribution in [0.4, 0.5) is 23.0 Å². The summed E-state index contributed by atoms with van der Waals surface area (Å²) in [5.41, 5.74) is 8.68. The van der Waals surface area contributed by atoms with Crippen molar-refractivity contribution in [3.05, 3.63) is 71.8 Å². The Labute approximate surface area is 145 Å². The van der Waals surface area contributed by atoms with Crippen LogP contribution < -0.4 is 5.73 Å². The first-order valence-electron chi connectivity index (χ1n) is 7.68. The number of azo groups is 1. The van der Waals surface area contributed by atoms with Gasteiger partial charge in [0.1, 0.15) is 11.6 Å². The van der Waals surface area contributed by atoms with E-state index in [1.807, 2.05) is 31.2 Å². The van der Waals surface area contributed by atoms with Crippen LogP contribution in [-0.2, 0) is 0 Å². The number of aliphatic imine (C=N–C) groups is 1. The maximum atomic E-state index is 9.97. The van der Waals surface area contributed by atoms with Gasteiger partial charge in [-0.2, -0.15) is 10.2 Å². The molecule has 2 aromatic carbocycles. The van der Waals surface area contributed by atoms with Gasteiger partial charge >= 0.3 is 0 Å². The lowest BCUT2D eigenvalue weighted by molar-refractivity contribution is 0.474. The number of nitrogens with zero attached hydrogens (tertiary/aromatic N) is 4. The van der Waals surface area contributed by atoms with Crippen LogP contribution >= 0.6 is 0 Å². The number of aryl methyl sites for hydroxylation is 1. The second-order valence-corrected chi connectivity index (χ2v) is 5.46. The first-order chi connectivity index (χ1) is 12.1. The molecule has 0 fully saturated rings. The fourth-order valence-electron chi connectivity index (χ4n) is 2.08. The van der Waals surface area contributed by atoms with Crippen molar-refractivity contribution in [2.45, 2.75) is 6.92 Å². The van der Waals surface area contributed by atoms with Gasteiger partial charge < -0.3 is 10.8 Å². The van der Waals surface area contributed by atoms with Crippen molar-refractivity contribution >= 4 is 29.2 Å². The molecular formula is C19H17N5O. The highest BCUT2D eigenvalue weighted by Crippen LogP contribution is 2.24. The molecule has 3 rings (SSSR count). The number of anilines is 1. The first kappa shape index (κ1) is 16.3. The van der Waals surface area contributed by atoms with Crippen molar-refractivity contribution in [2.24, 2.45) is 15.2 Å². The molecular weight excluding hydrogens is 314 g/mol. The third-order valence-corrected chi connectivity index (χ3v) is 3.42. The number of aromatic hydroxyl groups is 1. The van der Waals surface area contributed by atoms with E-state index < -0.39 is 0 Å². The van der Waals surface area contributed by atoms with E-state index in [1.54, 1.807) is 36.4 Å². The zero-order valence-electron chi connectivity index (χ0n) is 13.7. The number of rotatable bonds is 4. The van der Waals surface area contributed by atoms with Crippen LogP contribution in [-0.4, -0.2) is 16.3 Å². The average molecular weight is 331 g/mol. The number of aromatic nitrogens is 1. The maximum absolute atomic E-state index is 9.97. The number of phenols is 1. The SMILES string of the molecule is Cc1ccc(N=Nc2ccc(O)c(/C=N/c3cccc(N)n3)c2)cc1. The zero-order valence-corrected chi connectivity index (χ0v) is 13.7. The number of hydrogen-bond donors (Lipinski definition) is 2. The molecule has 0 atom stereocenters. The molecule has 0 spiro atoms. The monoisotopic (exact) mass is 331 g/mol. The summed E-state index contributed by atoms with van der Waals surface area (Å²) in [6.07, 6.45) is 1.52. The molecule has 3 N–H and O–H groups in total. The van der Waals surface area contributed by atoms with E-state index in [0.29, 0.717) is 22.9 Å². The normalized spacial score (nSPS) is 11.4. The second-order valence-electron chi connectivity index (χ2n) is 5.46. The summed E-state index contributed by atoms with van der Waals surface area (Å²) in [5.74, 6) is 0.951. The minimum Gasteiger partial charge on any atom is -0.507 e. The third kappa shape index (κ3) is 4.48. The van der Waals surface area contributed by atoms with Crippen molar-refractivity contribution in [3.8, 4) is 5.75 Å². The molecule has 0 amide bonds. The lowest BCUT2D eigenvalue weighted by atomic mass is 10.2. The van der Waals surface area contributed by atoms with Crippen LogP contribution in [0.25, 0.3) is 0 Å². The summed E-state index contributed by atoms with van der Waals surface area (Å²) < 4.78 is 0. The van der Waals surface area contributed by atoms with Crippen molar-refractivity contribution < 1.29 is 5.11 Å². The molecule has 25 heavy (non-hydrogen) atoms. The first-order valence-corrected chi connectivity index (χ1v) is 7.68. The molecule has 3 aromatic rings. The second kappa shape index (κ2) is 7.35. The van der Waals surface area contributed by atoms with E-state index in [-0.39, 0.29) is 5.75 Å². The van der Waals surface area contributed by atoms with E-state index in [4.69, 9.17) is 5.73 Å². The van der Waals surface area contributed by atoms with Crippen LogP contribution in [0.15, 0.2) is 75.9 Å². The molecule has 0 saturated carbocycles. The van der Waals surface area contributed by atoms with Gasteiger partial charge in [0.15, 0.2) is 5.82 Å². The fraction of sp³-hybridized carbons (Fsp3) is 0.0526. The van der Waals surface area contributed by atoms with Crippen LogP contribution in [0, 0.1) is 6.92 Å². The van der Waals surface area contributed by atoms with E-state index >= 15 is 0 Å². The molecule has 6 heteroatoms. The van der Waals surface area contributed by atoms with Gasteiger partial charge in [0.05, 0.1) is 11.4 Å². The van der Waals surface area contributed by atoms with Crippen molar-refractivity contribution in [3.63, 3.8) is 0 Å². The van der Waals surface area contributed by atoms with Gasteiger partial charge in [0, 0.05) is 11.8 Å². The highest BCUT2D eigenvalue weighted by molar-refractivity contribution is 5.86. The number of nitrogens with two attached hydrogens (primary N) is 1. The van der Waals surface area contributed by atoms with Gasteiger partial charge in [-0.15, -0.1) is 0 Å². The lowest BCUT2D eigenvalue weighted by Crippen LogP contribution is -1.88. The lowest BCUT2D eigenvalue weighted by Gasteiger charge is -2.00. The summed E-state index contributed by atoms with van der Waals surface area (Å²) in [6.45, 7) is 2.02. The van der Waals surface area contributed by atoms with E-state index in [0.717, 1.165) is 11.3 Å². The minimum atomic E-state index is 0.0990. The summed E-state index contributed by atoms with van der Waals surface area (Å²) in [4.78, 5) is 8.30. The van der Waals surface area contributed by atoms with Gasteiger partial charge in [-0.1, -0.05) is 23.8 Å². The molecule has 0 aliphatic rings. The Morgan fingerprint density at radius 2 is 1.68 bits per heavy atom. The quantitative estimate of drug-likeness (QED) is 0.528. The third-order valence-electron chi connectivity index (χ3n) is 3.42. The highest BCUT2D eigenvalue weighted by atomic mass is 16.3. The summed E-state index contributed by atoms with van der Waals surface area (Å²) >= 11 is 0. The Morgan fingerprint density at radius 1 is 0.960 bits per heavy atom. The van der Waals surface area contributed by atoms with Crippen LogP contribution in [0.2, 0.25) is 0 Å². The molecule has 0 aliphatic heterocycles. The van der Waals surface area contributed by atoms with E-state index in [2.05, 4.69) is 20.2 Å². The van der Waals surface area contributed by atoms with Crippen molar-refractivity contribution in [2.75, 3.05) is 5.73 Å². The standard InChI is InChI=1S/C19H17N5O/c1-13-5-7-15(8-6-13)23-24-16-9-10-17(25)14(11-16)12-21-19-4-2-3-18(20)22-19/h2-12,25H,1H3,(H2,20,22)/b21-12+,24-23?. The molecule has 124 valence electrons. The number of nitrogen functional groups attached to an aromatic ring is 1. The molecule has 0 bridgehead atoms. The number of benzene rings is 2. The predicted octanol–water partition coefficient (Wildman–Crippen LogP) is 4.84. The molecule has 0 radical (unpaired) electrons. The highest BCUT2D eigenvalue weighted by Gasteiger charge is 2.01. The Hall–Kier alpha value is -3.54. The maximum Gasteiger partial charge on any atom is 0.154 e. The molecule has 1 heterocycles. The van der Waals surface area contributed by atoms with Gasteiger partial charge in [0.2, 0.25) is 0 Å². The molecule has 1 aromatic heterocycles. The van der Waals surface area contributed by atoms with Crippen LogP contribution in [0.3, 0.4) is 0 Å². The van der Waals surface area contributed by atoms with Gasteiger partial charge in [-0.05, 0) is 49.4 Å². The largest absolute Gasteiger partial charge is 0.507 e. The smallest absolute Gasteiger partial charge is 0.154 e. The van der Waals surface area contributed by atoms with Crippen LogP contribution in [0.1, 0.15) is 11.1 Å². The molecule has 0 unspecified atom stereocenters. The number of hydrogen-bond acceptors (Lipinski definition) is 6. The summed E-state index contributed by atoms with van der Waals surface area (Å²) in [5, 5.41) is 18.4.